The first-order valence-corrected chi connectivity index (χ1v) is 6.65. The van der Waals surface area contributed by atoms with Crippen molar-refractivity contribution in [3.63, 3.8) is 0 Å². The molecule has 4 nitrogen and oxygen atoms in total. The Kier molecular flexibility index (Phi) is 4.52. The minimum absolute atomic E-state index is 0.564. The minimum atomic E-state index is 0.564. The average Bonchev–Trinajstić information content (AvgIpc) is 2.86. The number of aliphatic imine (C=N–C) groups is 1. The van der Waals surface area contributed by atoms with Crippen molar-refractivity contribution in [2.75, 3.05) is 18.1 Å². The van der Waals surface area contributed by atoms with E-state index in [0.717, 1.165) is 37.5 Å². The molecular formula is C13H18N4S. The van der Waals surface area contributed by atoms with Crippen LogP contribution in [0.15, 0.2) is 35.3 Å². The molecule has 1 aromatic rings. The number of rotatable bonds is 3. The van der Waals surface area contributed by atoms with E-state index in [-0.39, 0.29) is 0 Å². The molecule has 1 fully saturated rings. The Labute approximate surface area is 113 Å². The number of thiocarbonyl (C=S) groups is 1. The number of amidine groups is 1. The van der Waals surface area contributed by atoms with E-state index < -0.39 is 0 Å². The number of hydrazine groups is 1. The fourth-order valence-corrected chi connectivity index (χ4v) is 1.97. The normalized spacial score (nSPS) is 16.7. The molecular weight excluding hydrogens is 244 g/mol. The van der Waals surface area contributed by atoms with Gasteiger partial charge in [-0.3, -0.25) is 10.4 Å². The Morgan fingerprint density at radius 3 is 2.94 bits per heavy atom. The molecule has 0 aromatic heterocycles. The zero-order chi connectivity index (χ0) is 12.8. The molecule has 0 saturated carbocycles. The van der Waals surface area contributed by atoms with Crippen molar-refractivity contribution in [1.82, 2.24) is 10.7 Å². The minimum Gasteiger partial charge on any atom is -0.361 e. The number of hydrogen-bond acceptors (Lipinski definition) is 2. The van der Waals surface area contributed by atoms with E-state index in [1.807, 2.05) is 18.2 Å². The number of para-hydroxylation sites is 1. The molecule has 0 amide bonds. The molecule has 1 saturated heterocycles. The van der Waals surface area contributed by atoms with Crippen LogP contribution in [0.25, 0.3) is 0 Å². The van der Waals surface area contributed by atoms with Crippen molar-refractivity contribution >= 4 is 28.9 Å². The lowest BCUT2D eigenvalue weighted by Gasteiger charge is -2.17. The van der Waals surface area contributed by atoms with E-state index in [1.54, 1.807) is 0 Å². The second-order valence-electron chi connectivity index (χ2n) is 4.14. The van der Waals surface area contributed by atoms with Crippen LogP contribution in [0.5, 0.6) is 0 Å². The molecule has 2 N–H and O–H groups in total. The molecule has 1 aliphatic rings. The van der Waals surface area contributed by atoms with Crippen LogP contribution >= 0.6 is 12.2 Å². The predicted molar refractivity (Wildman–Crippen MR) is 79.9 cm³/mol. The Morgan fingerprint density at radius 2 is 2.22 bits per heavy atom. The van der Waals surface area contributed by atoms with Crippen molar-refractivity contribution in [3.05, 3.63) is 30.3 Å². The summed E-state index contributed by atoms with van der Waals surface area (Å²) in [5.41, 5.74) is 4.42. The van der Waals surface area contributed by atoms with E-state index in [2.05, 4.69) is 39.8 Å². The summed E-state index contributed by atoms with van der Waals surface area (Å²) in [5.74, 6) is 0.924. The Morgan fingerprint density at radius 1 is 1.44 bits per heavy atom. The number of anilines is 1. The molecule has 0 unspecified atom stereocenters. The van der Waals surface area contributed by atoms with E-state index in [0.29, 0.717) is 5.11 Å². The molecule has 1 aromatic carbocycles. The molecule has 5 heteroatoms. The SMILES string of the molecule is CCCNC(=S)/N=C1\CCN(c2ccccc2)N1. The summed E-state index contributed by atoms with van der Waals surface area (Å²) >= 11 is 5.15. The lowest BCUT2D eigenvalue weighted by Crippen LogP contribution is -2.34. The third kappa shape index (κ3) is 3.43. The van der Waals surface area contributed by atoms with E-state index >= 15 is 0 Å². The van der Waals surface area contributed by atoms with Crippen LogP contribution < -0.4 is 15.8 Å². The standard InChI is InChI=1S/C13H18N4S/c1-2-9-14-13(18)15-12-8-10-17(16-12)11-6-4-3-5-7-11/h3-7H,2,8-10H2,1H3,(H2,14,15,16,18). The van der Waals surface area contributed by atoms with Crippen molar-refractivity contribution in [2.45, 2.75) is 19.8 Å². The molecule has 0 atom stereocenters. The molecule has 2 rings (SSSR count). The van der Waals surface area contributed by atoms with E-state index in [1.165, 1.54) is 0 Å². The maximum atomic E-state index is 5.15. The van der Waals surface area contributed by atoms with Gasteiger partial charge in [0.1, 0.15) is 5.84 Å². The molecule has 0 spiro atoms. The van der Waals surface area contributed by atoms with Crippen molar-refractivity contribution in [2.24, 2.45) is 4.99 Å². The number of hydrogen-bond donors (Lipinski definition) is 2. The zero-order valence-corrected chi connectivity index (χ0v) is 11.3. The molecule has 96 valence electrons. The van der Waals surface area contributed by atoms with Gasteiger partial charge in [0.05, 0.1) is 5.69 Å². The van der Waals surface area contributed by atoms with Crippen LogP contribution in [-0.2, 0) is 0 Å². The van der Waals surface area contributed by atoms with Crippen molar-refractivity contribution < 1.29 is 0 Å². The quantitative estimate of drug-likeness (QED) is 0.818. The zero-order valence-electron chi connectivity index (χ0n) is 10.5. The highest BCUT2D eigenvalue weighted by Crippen LogP contribution is 2.14. The smallest absolute Gasteiger partial charge is 0.194 e. The van der Waals surface area contributed by atoms with Crippen molar-refractivity contribution in [3.8, 4) is 0 Å². The van der Waals surface area contributed by atoms with Crippen LogP contribution in [-0.4, -0.2) is 24.0 Å². The summed E-state index contributed by atoms with van der Waals surface area (Å²) in [5, 5.41) is 5.75. The van der Waals surface area contributed by atoms with Gasteiger partial charge in [0, 0.05) is 19.5 Å². The van der Waals surface area contributed by atoms with Crippen LogP contribution in [0.1, 0.15) is 19.8 Å². The first-order valence-electron chi connectivity index (χ1n) is 6.24. The molecule has 1 aliphatic heterocycles. The maximum Gasteiger partial charge on any atom is 0.194 e. The second-order valence-corrected chi connectivity index (χ2v) is 4.53. The molecule has 18 heavy (non-hydrogen) atoms. The highest BCUT2D eigenvalue weighted by Gasteiger charge is 2.17. The van der Waals surface area contributed by atoms with Gasteiger partial charge >= 0.3 is 0 Å². The lowest BCUT2D eigenvalue weighted by atomic mass is 10.3. The topological polar surface area (TPSA) is 39.7 Å². The van der Waals surface area contributed by atoms with Crippen molar-refractivity contribution in [1.29, 1.82) is 0 Å². The van der Waals surface area contributed by atoms with Gasteiger partial charge in [-0.1, -0.05) is 25.1 Å². The summed E-state index contributed by atoms with van der Waals surface area (Å²) in [7, 11) is 0. The Balaban J connectivity index is 1.92. The molecule has 0 radical (unpaired) electrons. The summed E-state index contributed by atoms with van der Waals surface area (Å²) in [6.07, 6.45) is 1.94. The van der Waals surface area contributed by atoms with Crippen LogP contribution in [0.3, 0.4) is 0 Å². The summed E-state index contributed by atoms with van der Waals surface area (Å²) < 4.78 is 0. The van der Waals surface area contributed by atoms with Gasteiger partial charge in [-0.05, 0) is 30.8 Å². The molecule has 0 aliphatic carbocycles. The van der Waals surface area contributed by atoms with Gasteiger partial charge in [0.15, 0.2) is 5.11 Å². The largest absolute Gasteiger partial charge is 0.361 e. The third-order valence-corrected chi connectivity index (χ3v) is 2.90. The van der Waals surface area contributed by atoms with Gasteiger partial charge in [-0.25, -0.2) is 4.99 Å². The average molecular weight is 262 g/mol. The predicted octanol–water partition coefficient (Wildman–Crippen LogP) is 2.08. The third-order valence-electron chi connectivity index (χ3n) is 2.67. The lowest BCUT2D eigenvalue weighted by molar-refractivity contribution is 0.841. The van der Waals surface area contributed by atoms with E-state index in [9.17, 15) is 0 Å². The van der Waals surface area contributed by atoms with Crippen LogP contribution in [0.4, 0.5) is 5.69 Å². The summed E-state index contributed by atoms with van der Waals surface area (Å²) in [4.78, 5) is 4.37. The highest BCUT2D eigenvalue weighted by molar-refractivity contribution is 7.80. The molecule has 1 heterocycles. The fourth-order valence-electron chi connectivity index (χ4n) is 1.76. The Bertz CT molecular complexity index is 430. The second kappa shape index (κ2) is 6.35. The van der Waals surface area contributed by atoms with Gasteiger partial charge in [-0.2, -0.15) is 0 Å². The summed E-state index contributed by atoms with van der Waals surface area (Å²) in [6.45, 7) is 3.89. The van der Waals surface area contributed by atoms with Gasteiger partial charge in [-0.15, -0.1) is 0 Å². The van der Waals surface area contributed by atoms with Crippen LogP contribution in [0, 0.1) is 0 Å². The highest BCUT2D eigenvalue weighted by atomic mass is 32.1. The monoisotopic (exact) mass is 262 g/mol. The number of benzene rings is 1. The number of nitrogens with one attached hydrogen (secondary N) is 2. The fraction of sp³-hybridized carbons (Fsp3) is 0.385. The van der Waals surface area contributed by atoms with E-state index in [4.69, 9.17) is 12.2 Å². The Hall–Kier alpha value is -1.62. The van der Waals surface area contributed by atoms with Crippen LogP contribution in [0.2, 0.25) is 0 Å². The number of nitrogens with zero attached hydrogens (tertiary/aromatic N) is 2. The van der Waals surface area contributed by atoms with Gasteiger partial charge < -0.3 is 5.32 Å². The first kappa shape index (κ1) is 12.8. The van der Waals surface area contributed by atoms with Gasteiger partial charge in [0.25, 0.3) is 0 Å². The maximum absolute atomic E-state index is 5.15. The van der Waals surface area contributed by atoms with Gasteiger partial charge in [0.2, 0.25) is 0 Å². The summed E-state index contributed by atoms with van der Waals surface area (Å²) in [6, 6.07) is 10.2. The molecule has 0 bridgehead atoms. The first-order chi connectivity index (χ1) is 8.79.